The van der Waals surface area contributed by atoms with E-state index < -0.39 is 0 Å². The summed E-state index contributed by atoms with van der Waals surface area (Å²) < 4.78 is 5.15. The maximum absolute atomic E-state index is 12.0. The molecule has 1 aromatic heterocycles. The van der Waals surface area contributed by atoms with E-state index in [1.807, 2.05) is 30.3 Å². The van der Waals surface area contributed by atoms with Gasteiger partial charge in [-0.2, -0.15) is 0 Å². The van der Waals surface area contributed by atoms with Crippen molar-refractivity contribution in [3.8, 4) is 5.75 Å². The number of hydrogen-bond donors (Lipinski definition) is 1. The van der Waals surface area contributed by atoms with Crippen LogP contribution in [0.4, 0.5) is 5.95 Å². The lowest BCUT2D eigenvalue weighted by atomic mass is 10.3. The summed E-state index contributed by atoms with van der Waals surface area (Å²) in [5.74, 6) is 2.56. The number of nitrogens with zero attached hydrogens (tertiary/aromatic N) is 4. The first-order valence-electron chi connectivity index (χ1n) is 10.0. The van der Waals surface area contributed by atoms with Crippen molar-refractivity contribution in [1.82, 2.24) is 20.2 Å². The lowest BCUT2D eigenvalue weighted by molar-refractivity contribution is -0.120. The number of thioether (sulfide) groups is 1. The summed E-state index contributed by atoms with van der Waals surface area (Å²) in [5.41, 5.74) is 0. The van der Waals surface area contributed by atoms with Gasteiger partial charge in [-0.3, -0.25) is 9.69 Å². The Morgan fingerprint density at radius 2 is 1.86 bits per heavy atom. The van der Waals surface area contributed by atoms with Crippen LogP contribution in [-0.2, 0) is 4.79 Å². The van der Waals surface area contributed by atoms with Crippen molar-refractivity contribution in [3.05, 3.63) is 42.7 Å². The van der Waals surface area contributed by atoms with Gasteiger partial charge < -0.3 is 15.0 Å². The fourth-order valence-corrected chi connectivity index (χ4v) is 4.03. The molecule has 1 amide bonds. The highest BCUT2D eigenvalue weighted by atomic mass is 32.2. The van der Waals surface area contributed by atoms with Crippen LogP contribution < -0.4 is 15.0 Å². The Kier molecular flexibility index (Phi) is 8.58. The molecule has 156 valence electrons. The van der Waals surface area contributed by atoms with Gasteiger partial charge in [-0.25, -0.2) is 9.97 Å². The molecule has 0 atom stereocenters. The third-order valence-corrected chi connectivity index (χ3v) is 5.85. The van der Waals surface area contributed by atoms with E-state index >= 15 is 0 Å². The van der Waals surface area contributed by atoms with E-state index in [1.54, 1.807) is 31.3 Å². The Balaban J connectivity index is 1.23. The quantitative estimate of drug-likeness (QED) is 0.472. The summed E-state index contributed by atoms with van der Waals surface area (Å²) in [7, 11) is 1.66. The maximum atomic E-state index is 12.0. The molecule has 0 radical (unpaired) electrons. The summed E-state index contributed by atoms with van der Waals surface area (Å²) in [6.07, 6.45) is 5.07. The van der Waals surface area contributed by atoms with Crippen molar-refractivity contribution < 1.29 is 9.53 Å². The summed E-state index contributed by atoms with van der Waals surface area (Å²) in [4.78, 5) is 26.4. The molecule has 2 heterocycles. The molecule has 1 aliphatic heterocycles. The van der Waals surface area contributed by atoms with E-state index in [9.17, 15) is 4.79 Å². The highest BCUT2D eigenvalue weighted by Gasteiger charge is 2.18. The Bertz CT molecular complexity index is 736. The van der Waals surface area contributed by atoms with E-state index in [2.05, 4.69) is 25.1 Å². The van der Waals surface area contributed by atoms with Crippen molar-refractivity contribution in [2.45, 2.75) is 17.7 Å². The average molecular weight is 416 g/mol. The van der Waals surface area contributed by atoms with Crippen LogP contribution in [0.5, 0.6) is 5.75 Å². The number of carbonyl (C=O) groups is 1. The van der Waals surface area contributed by atoms with Gasteiger partial charge in [0.25, 0.3) is 0 Å². The third-order valence-electron chi connectivity index (χ3n) is 4.84. The maximum Gasteiger partial charge on any atom is 0.225 e. The zero-order chi connectivity index (χ0) is 20.3. The average Bonchev–Trinajstić information content (AvgIpc) is 2.78. The molecule has 8 heteroatoms. The number of anilines is 1. The van der Waals surface area contributed by atoms with Gasteiger partial charge in [0.05, 0.1) is 7.11 Å². The second-order valence-electron chi connectivity index (χ2n) is 6.85. The Labute approximate surface area is 176 Å². The molecular weight excluding hydrogens is 386 g/mol. The molecule has 1 aromatic carbocycles. The number of methoxy groups -OCH3 is 1. The van der Waals surface area contributed by atoms with Gasteiger partial charge >= 0.3 is 0 Å². The molecule has 0 spiro atoms. The number of aromatic nitrogens is 2. The zero-order valence-electron chi connectivity index (χ0n) is 16.9. The Morgan fingerprint density at radius 3 is 2.55 bits per heavy atom. The van der Waals surface area contributed by atoms with Crippen molar-refractivity contribution in [1.29, 1.82) is 0 Å². The number of piperazine rings is 1. The molecule has 0 aliphatic carbocycles. The predicted molar refractivity (Wildman–Crippen MR) is 117 cm³/mol. The van der Waals surface area contributed by atoms with E-state index in [1.165, 1.54) is 0 Å². The summed E-state index contributed by atoms with van der Waals surface area (Å²) in [5, 5.41) is 3.03. The van der Waals surface area contributed by atoms with E-state index in [-0.39, 0.29) is 5.91 Å². The molecule has 29 heavy (non-hydrogen) atoms. The molecule has 1 saturated heterocycles. The van der Waals surface area contributed by atoms with Gasteiger partial charge in [0.1, 0.15) is 5.75 Å². The SMILES string of the molecule is COc1ccc(SCCC(=O)NCCCN2CCN(c3ncccn3)CC2)cc1. The minimum absolute atomic E-state index is 0.122. The molecule has 0 unspecified atom stereocenters. The first kappa shape index (κ1) is 21.4. The molecule has 2 aromatic rings. The van der Waals surface area contributed by atoms with Gasteiger partial charge in [-0.15, -0.1) is 11.8 Å². The lowest BCUT2D eigenvalue weighted by Crippen LogP contribution is -2.47. The highest BCUT2D eigenvalue weighted by Crippen LogP contribution is 2.21. The minimum atomic E-state index is 0.122. The number of amides is 1. The van der Waals surface area contributed by atoms with Crippen LogP contribution in [-0.4, -0.2) is 72.9 Å². The summed E-state index contributed by atoms with van der Waals surface area (Å²) in [6.45, 7) is 5.63. The minimum Gasteiger partial charge on any atom is -0.497 e. The summed E-state index contributed by atoms with van der Waals surface area (Å²) >= 11 is 1.69. The van der Waals surface area contributed by atoms with E-state index in [0.717, 1.165) is 68.0 Å². The zero-order valence-corrected chi connectivity index (χ0v) is 17.7. The van der Waals surface area contributed by atoms with Crippen molar-refractivity contribution in [3.63, 3.8) is 0 Å². The molecular formula is C21H29N5O2S. The third kappa shape index (κ3) is 7.21. The number of ether oxygens (including phenoxy) is 1. The fraction of sp³-hybridized carbons (Fsp3) is 0.476. The Morgan fingerprint density at radius 1 is 1.14 bits per heavy atom. The van der Waals surface area contributed by atoms with Crippen LogP contribution in [0.15, 0.2) is 47.6 Å². The molecule has 1 N–H and O–H groups in total. The topological polar surface area (TPSA) is 70.6 Å². The first-order valence-corrected chi connectivity index (χ1v) is 11.0. The molecule has 3 rings (SSSR count). The van der Waals surface area contributed by atoms with Crippen LogP contribution in [0.1, 0.15) is 12.8 Å². The lowest BCUT2D eigenvalue weighted by Gasteiger charge is -2.34. The highest BCUT2D eigenvalue weighted by molar-refractivity contribution is 7.99. The largest absolute Gasteiger partial charge is 0.497 e. The summed E-state index contributed by atoms with van der Waals surface area (Å²) in [6, 6.07) is 9.76. The number of hydrogen-bond acceptors (Lipinski definition) is 7. The predicted octanol–water partition coefficient (Wildman–Crippen LogP) is 2.30. The van der Waals surface area contributed by atoms with E-state index in [4.69, 9.17) is 4.74 Å². The van der Waals surface area contributed by atoms with Crippen LogP contribution in [0.3, 0.4) is 0 Å². The molecule has 0 bridgehead atoms. The normalized spacial score (nSPS) is 14.6. The second kappa shape index (κ2) is 11.6. The van der Waals surface area contributed by atoms with E-state index in [0.29, 0.717) is 6.42 Å². The molecule has 7 nitrogen and oxygen atoms in total. The first-order chi connectivity index (χ1) is 14.2. The van der Waals surface area contributed by atoms with Crippen molar-refractivity contribution in [2.75, 3.05) is 57.0 Å². The number of benzene rings is 1. The monoisotopic (exact) mass is 415 g/mol. The van der Waals surface area contributed by atoms with Gasteiger partial charge in [0, 0.05) is 62.2 Å². The fourth-order valence-electron chi connectivity index (χ4n) is 3.18. The van der Waals surface area contributed by atoms with Gasteiger partial charge in [0.2, 0.25) is 11.9 Å². The van der Waals surface area contributed by atoms with Gasteiger partial charge in [-0.1, -0.05) is 0 Å². The standard InChI is InChI=1S/C21H29N5O2S/c1-28-18-4-6-19(7-5-18)29-17-8-20(27)22-11-3-12-25-13-15-26(16-14-25)21-23-9-2-10-24-21/h2,4-7,9-10H,3,8,11-17H2,1H3,(H,22,27). The van der Waals surface area contributed by atoms with Gasteiger partial charge in [-0.05, 0) is 43.3 Å². The molecule has 1 fully saturated rings. The smallest absolute Gasteiger partial charge is 0.225 e. The molecule has 1 aliphatic rings. The van der Waals surface area contributed by atoms with Crippen molar-refractivity contribution in [2.24, 2.45) is 0 Å². The number of nitrogens with one attached hydrogen (secondary N) is 1. The van der Waals surface area contributed by atoms with Crippen LogP contribution in [0.2, 0.25) is 0 Å². The Hall–Kier alpha value is -2.32. The van der Waals surface area contributed by atoms with Gasteiger partial charge in [0.15, 0.2) is 0 Å². The van der Waals surface area contributed by atoms with Crippen molar-refractivity contribution >= 4 is 23.6 Å². The van der Waals surface area contributed by atoms with Crippen LogP contribution in [0.25, 0.3) is 0 Å². The van der Waals surface area contributed by atoms with Crippen LogP contribution >= 0.6 is 11.8 Å². The molecule has 0 saturated carbocycles. The van der Waals surface area contributed by atoms with Crippen LogP contribution in [0, 0.1) is 0 Å². The number of rotatable bonds is 10. The second-order valence-corrected chi connectivity index (χ2v) is 8.02. The number of carbonyl (C=O) groups excluding carboxylic acids is 1.